The second-order valence-electron chi connectivity index (χ2n) is 29.0. The van der Waals surface area contributed by atoms with Gasteiger partial charge in [0.05, 0.1) is 89.0 Å². The minimum atomic E-state index is -6.45. The van der Waals surface area contributed by atoms with Crippen molar-refractivity contribution in [3.05, 3.63) is 280 Å². The van der Waals surface area contributed by atoms with E-state index in [9.17, 15) is 0 Å². The van der Waals surface area contributed by atoms with Gasteiger partial charge in [0.1, 0.15) is 22.6 Å². The zero-order valence-corrected chi connectivity index (χ0v) is 63.7. The topological polar surface area (TPSA) is 109 Å². The Labute approximate surface area is 717 Å². The van der Waals surface area contributed by atoms with E-state index in [-0.39, 0.29) is 0 Å². The monoisotopic (exact) mass is 2010 g/mol. The van der Waals surface area contributed by atoms with Gasteiger partial charge in [-0.25, -0.2) is 29.9 Å². The van der Waals surface area contributed by atoms with Crippen molar-refractivity contribution in [1.82, 2.24) is 39.9 Å². The molecule has 0 atom stereocenters. The molecular weight excluding hydrogens is 1980 g/mol. The number of nitrogens with one attached hydrogen (secondary N) is 2. The highest BCUT2D eigenvalue weighted by Crippen LogP contribution is 2.56. The van der Waals surface area contributed by atoms with Crippen LogP contribution in [0.25, 0.3) is 89.4 Å². The van der Waals surface area contributed by atoms with Crippen molar-refractivity contribution < 1.29 is 211 Å². The van der Waals surface area contributed by atoms with E-state index in [1.54, 1.807) is 0 Å². The molecule has 11 aromatic rings. The third kappa shape index (κ3) is 20.5. The van der Waals surface area contributed by atoms with Crippen LogP contribution in [0.4, 0.5) is 211 Å². The van der Waals surface area contributed by atoms with Crippen LogP contribution in [0.1, 0.15) is 135 Å². The van der Waals surface area contributed by atoms with E-state index in [4.69, 9.17) is 0 Å². The standard InChI is InChI=1S/C80H26F48N8/c81-65(82,83)33-1-25(2-34(17-33)66(84,85)86)49-50(26-3-35(67(87,88)89)18-36(4-26)68(90,91)92)58-129-57(49)133-59-51(27-5-37(69(93,94)95)19-38(6-27)70(96,97)98)52(28-7-39(71(99,100)101)20-40(8-28)72(102,103)104)61(130-59)135-63-55(31-13-45(77(117,118)119)23-46(14-31)78(120,121)122)56(32-15-47(79(123,124)125)24-48(16-32)80(126,127)128)64(132-63)136-62-54(30-11-43(75(111,112)113)22-44(12-30)76(114,115)116)53(60(131-62)134-58)29-9-41(73(105,106)107)21-42(10-29)74(108,109)110/h1-24H,(H2,129,130,131,132,133,134,135,136). The predicted molar refractivity (Wildman–Crippen MR) is 370 cm³/mol. The Balaban J connectivity index is 1.51. The van der Waals surface area contributed by atoms with Crippen molar-refractivity contribution in [1.29, 1.82) is 0 Å². The first-order valence-electron chi connectivity index (χ1n) is 35.6. The molecule has 0 saturated carbocycles. The third-order valence-corrected chi connectivity index (χ3v) is 19.6. The largest absolute Gasteiger partial charge is 0.416 e. The number of rotatable bonds is 8. The molecule has 8 nitrogen and oxygen atoms in total. The molecule has 0 amide bonds. The molecule has 8 bridgehead atoms. The number of benzene rings is 8. The lowest BCUT2D eigenvalue weighted by Gasteiger charge is -2.18. The fourth-order valence-corrected chi connectivity index (χ4v) is 13.9. The van der Waals surface area contributed by atoms with E-state index in [2.05, 4.69) is 29.9 Å². The Morgan fingerprint density at radius 1 is 0.125 bits per heavy atom. The zero-order valence-electron chi connectivity index (χ0n) is 63.7. The summed E-state index contributed by atoms with van der Waals surface area (Å²) < 4.78 is 743. The minimum absolute atomic E-state index is 0.739. The lowest BCUT2D eigenvalue weighted by molar-refractivity contribution is -0.144. The average Bonchev–Trinajstić information content (AvgIpc) is 1.57. The normalized spacial score (nSPS) is 14.4. The van der Waals surface area contributed by atoms with E-state index in [1.807, 2.05) is 0 Å². The molecule has 0 saturated heterocycles. The Bertz CT molecular complexity index is 5850. The number of aromatic amines is 2. The summed E-state index contributed by atoms with van der Waals surface area (Å²) in [4.78, 5) is 24.8. The van der Waals surface area contributed by atoms with Gasteiger partial charge in [0, 0.05) is 44.5 Å². The Hall–Kier alpha value is -13.3. The third-order valence-electron chi connectivity index (χ3n) is 19.6. The van der Waals surface area contributed by atoms with Gasteiger partial charge in [0.15, 0.2) is 23.3 Å². The molecule has 56 heteroatoms. The van der Waals surface area contributed by atoms with Gasteiger partial charge in [0.25, 0.3) is 0 Å². The number of nitrogens with zero attached hydrogens (tertiary/aromatic N) is 6. The summed E-state index contributed by atoms with van der Waals surface area (Å²) in [6.07, 6.45) is -103. The molecule has 722 valence electrons. The number of fused-ring (bicyclic) bond motifs is 8. The molecule has 0 unspecified atom stereocenters. The minimum Gasteiger partial charge on any atom is -0.324 e. The highest BCUT2D eigenvalue weighted by molar-refractivity contribution is 6.09. The maximum absolute atomic E-state index is 15.5. The summed E-state index contributed by atoms with van der Waals surface area (Å²) in [6, 6.07) is -19.5. The van der Waals surface area contributed by atoms with E-state index in [0.717, 1.165) is 0 Å². The quantitative estimate of drug-likeness (QED) is 0.147. The number of alkyl halides is 48. The summed E-state index contributed by atoms with van der Waals surface area (Å²) in [5.41, 5.74) is -93.0. The molecular formula is C80H26F48N8. The van der Waals surface area contributed by atoms with Gasteiger partial charge in [-0.3, -0.25) is 0 Å². The summed E-state index contributed by atoms with van der Waals surface area (Å²) in [7, 11) is 0. The first-order chi connectivity index (χ1) is 61.4. The maximum Gasteiger partial charge on any atom is 0.416 e. The molecule has 13 rings (SSSR count). The van der Waals surface area contributed by atoms with Crippen LogP contribution < -0.4 is 0 Å². The number of hydrogen-bond acceptors (Lipinski definition) is 6. The molecule has 2 N–H and O–H groups in total. The smallest absolute Gasteiger partial charge is 0.324 e. The van der Waals surface area contributed by atoms with E-state index in [1.165, 1.54) is 9.97 Å². The van der Waals surface area contributed by atoms with Gasteiger partial charge >= 0.3 is 98.8 Å². The van der Waals surface area contributed by atoms with Crippen molar-refractivity contribution in [2.24, 2.45) is 0 Å². The van der Waals surface area contributed by atoms with Gasteiger partial charge in [-0.05, 0) is 190 Å². The highest BCUT2D eigenvalue weighted by atomic mass is 19.5. The SMILES string of the molecule is FC(F)(F)c1cc(C2=C(c3cc(C(F)(F)F)cc(C(F)(F)F)c3)c3nc2nc2[nH]c(nc4nc(nc5[nH]c(n3)c(-c3cc(C(F)(F)F)cc(C(F)(F)F)c3)c5-c3cc(C(F)(F)F)cc(C(F)(F)F)c3)C(c3cc(C(F)(F)F)cc(C(F)(F)F)c3)=C4c3cc(C(F)(F)F)cc(C(F)(F)F)c3)c(-c3cc(C(F)(F)F)cc(C(F)(F)F)c3)c2-c2cc(C(F)(F)F)cc(C(F)(F)F)c2)cc(C(F)(F)F)c1. The molecule has 2 aliphatic heterocycles. The van der Waals surface area contributed by atoms with Crippen molar-refractivity contribution in [2.75, 3.05) is 0 Å². The number of aromatic nitrogens is 8. The Kier molecular flexibility index (Phi) is 23.7. The van der Waals surface area contributed by atoms with Crippen LogP contribution in [0, 0.1) is 0 Å². The molecule has 0 radical (unpaired) electrons. The molecule has 0 spiro atoms. The molecule has 8 aromatic carbocycles. The van der Waals surface area contributed by atoms with E-state index in [0.29, 0.717) is 0 Å². The summed E-state index contributed by atoms with van der Waals surface area (Å²) >= 11 is 0. The second-order valence-corrected chi connectivity index (χ2v) is 29.0. The van der Waals surface area contributed by atoms with Crippen LogP contribution in [-0.2, 0) is 98.8 Å². The van der Waals surface area contributed by atoms with Gasteiger partial charge in [0.2, 0.25) is 0 Å². The van der Waals surface area contributed by atoms with Crippen molar-refractivity contribution >= 4 is 44.9 Å². The fourth-order valence-electron chi connectivity index (χ4n) is 13.9. The fraction of sp³-hybridized carbons (Fsp3) is 0.200. The molecule has 3 aromatic heterocycles. The molecule has 2 aliphatic rings. The van der Waals surface area contributed by atoms with Gasteiger partial charge in [-0.2, -0.15) is 211 Å². The lowest BCUT2D eigenvalue weighted by Crippen LogP contribution is -2.13. The predicted octanol–water partition coefficient (Wildman–Crippen LogP) is 30.9. The number of hydrogen-bond donors (Lipinski definition) is 2. The van der Waals surface area contributed by atoms with E-state index >= 15 is 211 Å². The Morgan fingerprint density at radius 2 is 0.221 bits per heavy atom. The first kappa shape index (κ1) is 100. The molecule has 5 heterocycles. The van der Waals surface area contributed by atoms with Crippen LogP contribution in [0.2, 0.25) is 0 Å². The second kappa shape index (κ2) is 32.2. The Morgan fingerprint density at radius 3 is 0.316 bits per heavy atom. The molecule has 136 heavy (non-hydrogen) atoms. The average molecular weight is 2010 g/mol. The van der Waals surface area contributed by atoms with Gasteiger partial charge in [-0.15, -0.1) is 0 Å². The van der Waals surface area contributed by atoms with Crippen molar-refractivity contribution in [3.8, 4) is 44.5 Å². The van der Waals surface area contributed by atoms with Crippen molar-refractivity contribution in [2.45, 2.75) is 98.8 Å². The summed E-state index contributed by atoms with van der Waals surface area (Å²) in [5, 5.41) is 0. The van der Waals surface area contributed by atoms with Crippen LogP contribution in [0.15, 0.2) is 146 Å². The number of halogens is 48. The van der Waals surface area contributed by atoms with Crippen LogP contribution in [0.5, 0.6) is 0 Å². The van der Waals surface area contributed by atoms with Crippen molar-refractivity contribution in [3.63, 3.8) is 0 Å². The van der Waals surface area contributed by atoms with Gasteiger partial charge < -0.3 is 9.97 Å². The number of H-pyrrole nitrogens is 2. The zero-order chi connectivity index (χ0) is 102. The first-order valence-corrected chi connectivity index (χ1v) is 35.6. The highest BCUT2D eigenvalue weighted by Gasteiger charge is 2.49. The van der Waals surface area contributed by atoms with Crippen LogP contribution in [-0.4, -0.2) is 39.9 Å². The lowest BCUT2D eigenvalue weighted by atomic mass is 9.90. The van der Waals surface area contributed by atoms with E-state index < -0.39 is 468 Å². The maximum atomic E-state index is 15.5. The molecule has 0 aliphatic carbocycles. The van der Waals surface area contributed by atoms with Crippen LogP contribution in [0.3, 0.4) is 0 Å². The van der Waals surface area contributed by atoms with Crippen LogP contribution >= 0.6 is 0 Å². The summed E-state index contributed by atoms with van der Waals surface area (Å²) in [5.74, 6) is -10.1. The summed E-state index contributed by atoms with van der Waals surface area (Å²) in [6.45, 7) is 0. The van der Waals surface area contributed by atoms with Gasteiger partial charge in [-0.1, -0.05) is 0 Å². The molecule has 0 fully saturated rings.